The second kappa shape index (κ2) is 9.33. The Morgan fingerprint density at radius 3 is 2.71 bits per heavy atom. The molecule has 11 nitrogen and oxygen atoms in total. The summed E-state index contributed by atoms with van der Waals surface area (Å²) in [6.07, 6.45) is 6.08. The lowest BCUT2D eigenvalue weighted by atomic mass is 10.1. The highest BCUT2D eigenvalue weighted by atomic mass is 19.1. The monoisotopic (exact) mass is 478 g/mol. The number of hydrogen-bond acceptors (Lipinski definition) is 9. The minimum Gasteiger partial charge on any atom is -0.494 e. The molecule has 0 radical (unpaired) electrons. The van der Waals surface area contributed by atoms with Crippen molar-refractivity contribution in [2.45, 2.75) is 18.9 Å². The van der Waals surface area contributed by atoms with Crippen molar-refractivity contribution in [3.63, 3.8) is 0 Å². The molecule has 1 aromatic carbocycles. The first-order valence-corrected chi connectivity index (χ1v) is 10.6. The molecular formula is C23H22FN9O2. The zero-order chi connectivity index (χ0) is 26.9. The third-order valence-electron chi connectivity index (χ3n) is 5.26. The summed E-state index contributed by atoms with van der Waals surface area (Å²) in [6, 6.07) is 8.73. The number of para-hydroxylation sites is 1. The van der Waals surface area contributed by atoms with Crippen molar-refractivity contribution >= 4 is 28.9 Å². The van der Waals surface area contributed by atoms with Gasteiger partial charge < -0.3 is 20.7 Å². The Balaban J connectivity index is 1.50. The Morgan fingerprint density at radius 2 is 1.97 bits per heavy atom. The molecule has 1 saturated carbocycles. The first-order chi connectivity index (χ1) is 18.2. The molecule has 35 heavy (non-hydrogen) atoms. The molecule has 0 atom stereocenters. The van der Waals surface area contributed by atoms with Gasteiger partial charge in [-0.3, -0.25) is 9.48 Å². The van der Waals surface area contributed by atoms with Crippen LogP contribution in [0.2, 0.25) is 0 Å². The number of hydrogen-bond donors (Lipinski definition) is 3. The van der Waals surface area contributed by atoms with E-state index in [0.29, 0.717) is 28.9 Å². The zero-order valence-electron chi connectivity index (χ0n) is 21.5. The quantitative estimate of drug-likeness (QED) is 0.348. The summed E-state index contributed by atoms with van der Waals surface area (Å²) in [5.41, 5.74) is 0.719. The Hall–Kier alpha value is -4.61. The molecule has 0 bridgehead atoms. The summed E-state index contributed by atoms with van der Waals surface area (Å²) < 4.78 is 43.0. The number of halogens is 1. The van der Waals surface area contributed by atoms with Crippen molar-refractivity contribution in [1.29, 1.82) is 0 Å². The summed E-state index contributed by atoms with van der Waals surface area (Å²) in [7, 11) is 1.43. The summed E-state index contributed by atoms with van der Waals surface area (Å²) in [5, 5.41) is 20.5. The van der Waals surface area contributed by atoms with Crippen LogP contribution >= 0.6 is 0 Å². The van der Waals surface area contributed by atoms with Crippen LogP contribution in [0.4, 0.5) is 27.4 Å². The third-order valence-corrected chi connectivity index (χ3v) is 5.26. The average Bonchev–Trinajstić information content (AvgIpc) is 3.62. The third kappa shape index (κ3) is 4.71. The van der Waals surface area contributed by atoms with Gasteiger partial charge in [-0.05, 0) is 25.0 Å². The van der Waals surface area contributed by atoms with Crippen molar-refractivity contribution < 1.29 is 18.0 Å². The maximum absolute atomic E-state index is 13.4. The SMILES string of the molecule is [2H]C([2H])([2H])NC(=O)c1nnc(Nc2ccn(C3CC3)n2)cc1Nc1cccc(-c2ncc(F)cn2)c1OC. The van der Waals surface area contributed by atoms with Crippen molar-refractivity contribution in [2.24, 2.45) is 0 Å². The molecule has 1 amide bonds. The molecule has 4 aromatic rings. The van der Waals surface area contributed by atoms with Crippen molar-refractivity contribution in [1.82, 2.24) is 35.3 Å². The smallest absolute Gasteiger partial charge is 0.273 e. The van der Waals surface area contributed by atoms with E-state index in [0.717, 1.165) is 25.2 Å². The summed E-state index contributed by atoms with van der Waals surface area (Å²) in [4.78, 5) is 20.8. The van der Waals surface area contributed by atoms with Crippen LogP contribution in [0.25, 0.3) is 11.4 Å². The first-order valence-electron chi connectivity index (χ1n) is 12.1. The second-order valence-electron chi connectivity index (χ2n) is 7.72. The van der Waals surface area contributed by atoms with Gasteiger partial charge in [-0.2, -0.15) is 5.10 Å². The second-order valence-corrected chi connectivity index (χ2v) is 7.72. The molecule has 0 saturated heterocycles. The van der Waals surface area contributed by atoms with Crippen LogP contribution < -0.4 is 20.7 Å². The van der Waals surface area contributed by atoms with Crippen LogP contribution in [0.15, 0.2) is 48.9 Å². The average molecular weight is 479 g/mol. The van der Waals surface area contributed by atoms with Gasteiger partial charge in [0.15, 0.2) is 34.7 Å². The minimum absolute atomic E-state index is 0.140. The lowest BCUT2D eigenvalue weighted by molar-refractivity contribution is 0.0958. The zero-order valence-corrected chi connectivity index (χ0v) is 18.5. The fourth-order valence-electron chi connectivity index (χ4n) is 3.48. The lowest BCUT2D eigenvalue weighted by Crippen LogP contribution is -2.21. The number of ether oxygens (including phenoxy) is 1. The van der Waals surface area contributed by atoms with Crippen LogP contribution in [0, 0.1) is 5.82 Å². The summed E-state index contributed by atoms with van der Waals surface area (Å²) in [5.74, 6) is -0.233. The number of methoxy groups -OCH3 is 1. The summed E-state index contributed by atoms with van der Waals surface area (Å²) >= 11 is 0. The molecule has 3 heterocycles. The lowest BCUT2D eigenvalue weighted by Gasteiger charge is -2.16. The number of anilines is 4. The Morgan fingerprint density at radius 1 is 1.14 bits per heavy atom. The minimum atomic E-state index is -2.74. The van der Waals surface area contributed by atoms with Gasteiger partial charge >= 0.3 is 0 Å². The number of nitrogens with zero attached hydrogens (tertiary/aromatic N) is 6. The van der Waals surface area contributed by atoms with E-state index >= 15 is 0 Å². The molecule has 1 fully saturated rings. The number of carbonyl (C=O) groups excluding carboxylic acids is 1. The highest BCUT2D eigenvalue weighted by Crippen LogP contribution is 2.37. The molecule has 3 N–H and O–H groups in total. The maximum atomic E-state index is 13.4. The molecular weight excluding hydrogens is 453 g/mol. The fraction of sp³-hybridized carbons (Fsp3) is 0.217. The normalized spacial score (nSPS) is 14.4. The fourth-order valence-corrected chi connectivity index (χ4v) is 3.48. The van der Waals surface area contributed by atoms with E-state index < -0.39 is 18.7 Å². The van der Waals surface area contributed by atoms with Crippen molar-refractivity contribution in [3.8, 4) is 17.1 Å². The molecule has 1 aliphatic carbocycles. The number of nitrogens with one attached hydrogen (secondary N) is 3. The van der Waals surface area contributed by atoms with E-state index in [2.05, 4.69) is 35.9 Å². The number of benzene rings is 1. The Kier molecular flexibility index (Phi) is 5.00. The van der Waals surface area contributed by atoms with Gasteiger partial charge in [0, 0.05) is 29.4 Å². The van der Waals surface area contributed by atoms with Gasteiger partial charge in [0.25, 0.3) is 5.91 Å². The largest absolute Gasteiger partial charge is 0.494 e. The van der Waals surface area contributed by atoms with E-state index in [1.165, 1.54) is 13.2 Å². The predicted molar refractivity (Wildman–Crippen MR) is 126 cm³/mol. The van der Waals surface area contributed by atoms with E-state index in [4.69, 9.17) is 8.85 Å². The first kappa shape index (κ1) is 18.8. The Labute approximate surface area is 204 Å². The van der Waals surface area contributed by atoms with Crippen LogP contribution in [0.1, 0.15) is 33.5 Å². The van der Waals surface area contributed by atoms with Gasteiger partial charge in [-0.1, -0.05) is 6.07 Å². The summed E-state index contributed by atoms with van der Waals surface area (Å²) in [6.45, 7) is -2.74. The number of amides is 1. The molecule has 0 unspecified atom stereocenters. The van der Waals surface area contributed by atoms with Gasteiger partial charge in [-0.25, -0.2) is 14.4 Å². The highest BCUT2D eigenvalue weighted by Gasteiger charge is 2.24. The van der Waals surface area contributed by atoms with Crippen LogP contribution in [0.3, 0.4) is 0 Å². The number of rotatable bonds is 8. The maximum Gasteiger partial charge on any atom is 0.273 e. The van der Waals surface area contributed by atoms with Crippen LogP contribution in [0.5, 0.6) is 5.75 Å². The molecule has 3 aromatic heterocycles. The molecule has 5 rings (SSSR count). The molecule has 12 heteroatoms. The topological polar surface area (TPSA) is 132 Å². The number of aromatic nitrogens is 6. The highest BCUT2D eigenvalue weighted by molar-refractivity contribution is 5.99. The molecule has 0 aliphatic heterocycles. The van der Waals surface area contributed by atoms with Crippen LogP contribution in [-0.4, -0.2) is 49.9 Å². The number of carbonyl (C=O) groups is 1. The van der Waals surface area contributed by atoms with Gasteiger partial charge in [0.05, 0.1) is 42.5 Å². The van der Waals surface area contributed by atoms with Crippen molar-refractivity contribution in [3.05, 3.63) is 60.4 Å². The van der Waals surface area contributed by atoms with E-state index in [1.54, 1.807) is 24.3 Å². The standard InChI is InChI=1S/C23H22FN9O2/c1-25-23(34)20-17(10-19(30-31-20)29-18-8-9-33(32-18)14-6-7-14)28-16-5-3-4-15(21(16)35-2)22-26-11-13(24)12-27-22/h3-5,8-12,14H,6-7H2,1-2H3,(H,25,34)(H2,28,29,30,32)/i1D3. The van der Waals surface area contributed by atoms with E-state index in [-0.39, 0.29) is 23.0 Å². The predicted octanol–water partition coefficient (Wildman–Crippen LogP) is 3.46. The van der Waals surface area contributed by atoms with E-state index in [9.17, 15) is 9.18 Å². The molecule has 1 aliphatic rings. The Bertz CT molecular complexity index is 1470. The van der Waals surface area contributed by atoms with Gasteiger partial charge in [0.2, 0.25) is 0 Å². The van der Waals surface area contributed by atoms with Gasteiger partial charge in [-0.15, -0.1) is 10.2 Å². The van der Waals surface area contributed by atoms with Gasteiger partial charge in [0.1, 0.15) is 0 Å². The van der Waals surface area contributed by atoms with E-state index in [1.807, 2.05) is 16.2 Å². The van der Waals surface area contributed by atoms with Crippen LogP contribution in [-0.2, 0) is 0 Å². The van der Waals surface area contributed by atoms with Crippen molar-refractivity contribution in [2.75, 3.05) is 24.7 Å². The molecule has 0 spiro atoms. The molecule has 178 valence electrons.